The van der Waals surface area contributed by atoms with Crippen LogP contribution in [-0.4, -0.2) is 12.7 Å². The van der Waals surface area contributed by atoms with Gasteiger partial charge in [0.2, 0.25) is 0 Å². The molecule has 0 radical (unpaired) electrons. The summed E-state index contributed by atoms with van der Waals surface area (Å²) in [5.74, 6) is 3.38. The van der Waals surface area contributed by atoms with E-state index in [-0.39, 0.29) is 0 Å². The van der Waals surface area contributed by atoms with E-state index in [4.69, 9.17) is 11.2 Å². The van der Waals surface area contributed by atoms with Crippen molar-refractivity contribution in [3.05, 3.63) is 0 Å². The van der Waals surface area contributed by atoms with E-state index in [1.54, 1.807) is 0 Å². The highest BCUT2D eigenvalue weighted by Crippen LogP contribution is 2.24. The number of ether oxygens (including phenoxy) is 1. The number of hydrogen-bond donors (Lipinski definition) is 0. The van der Waals surface area contributed by atoms with E-state index in [1.165, 1.54) is 6.42 Å². The van der Waals surface area contributed by atoms with Crippen LogP contribution in [0.1, 0.15) is 26.2 Å². The Morgan fingerprint density at radius 3 is 3.00 bits per heavy atom. The molecule has 56 valence electrons. The second kappa shape index (κ2) is 3.63. The van der Waals surface area contributed by atoms with Crippen molar-refractivity contribution in [2.75, 3.05) is 6.61 Å². The minimum Gasteiger partial charge on any atom is -0.378 e. The molecule has 0 saturated carbocycles. The fourth-order valence-corrected chi connectivity index (χ4v) is 1.42. The highest BCUT2D eigenvalue weighted by atomic mass is 16.5. The fourth-order valence-electron chi connectivity index (χ4n) is 1.42. The summed E-state index contributed by atoms with van der Waals surface area (Å²) in [6, 6.07) is 0. The Bertz CT molecular complexity index is 134. The first kappa shape index (κ1) is 7.63. The Morgan fingerprint density at radius 2 is 2.50 bits per heavy atom. The minimum atomic E-state index is 0.438. The fraction of sp³-hybridized carbons (Fsp3) is 0.778. The molecule has 1 nitrogen and oxygen atoms in total. The first-order valence-corrected chi connectivity index (χ1v) is 3.89. The smallest absolute Gasteiger partial charge is 0.0576 e. The molecule has 1 aliphatic rings. The Labute approximate surface area is 62.8 Å². The van der Waals surface area contributed by atoms with Gasteiger partial charge < -0.3 is 4.74 Å². The van der Waals surface area contributed by atoms with Gasteiger partial charge in [0.05, 0.1) is 6.10 Å². The molecule has 0 amide bonds. The van der Waals surface area contributed by atoms with E-state index in [1.807, 2.05) is 0 Å². The molecule has 1 saturated heterocycles. The van der Waals surface area contributed by atoms with Crippen molar-refractivity contribution in [1.82, 2.24) is 0 Å². The van der Waals surface area contributed by atoms with Gasteiger partial charge in [0.1, 0.15) is 0 Å². The highest BCUT2D eigenvalue weighted by Gasteiger charge is 2.22. The third kappa shape index (κ3) is 1.75. The second-order valence-corrected chi connectivity index (χ2v) is 2.87. The Balaban J connectivity index is 2.21. The standard InChI is InChI=1S/C9H14O/c1-3-4-5-9-6-7-10-8(9)2/h1,8-9H,4-7H2,2H3. The third-order valence-electron chi connectivity index (χ3n) is 2.19. The van der Waals surface area contributed by atoms with Crippen molar-refractivity contribution >= 4 is 0 Å². The number of rotatable bonds is 2. The van der Waals surface area contributed by atoms with Crippen molar-refractivity contribution < 1.29 is 4.74 Å². The van der Waals surface area contributed by atoms with Gasteiger partial charge in [-0.3, -0.25) is 0 Å². The van der Waals surface area contributed by atoms with Crippen molar-refractivity contribution in [2.45, 2.75) is 32.3 Å². The molecule has 0 aromatic rings. The van der Waals surface area contributed by atoms with Crippen LogP contribution in [0.25, 0.3) is 0 Å². The molecule has 0 aromatic heterocycles. The largest absolute Gasteiger partial charge is 0.378 e. The van der Waals surface area contributed by atoms with Gasteiger partial charge in [-0.2, -0.15) is 0 Å². The lowest BCUT2D eigenvalue weighted by atomic mass is 9.97. The Hall–Kier alpha value is -0.480. The van der Waals surface area contributed by atoms with Gasteiger partial charge in [-0.15, -0.1) is 12.3 Å². The summed E-state index contributed by atoms with van der Waals surface area (Å²) in [4.78, 5) is 0. The van der Waals surface area contributed by atoms with Crippen LogP contribution in [0.2, 0.25) is 0 Å². The minimum absolute atomic E-state index is 0.438. The van der Waals surface area contributed by atoms with Gasteiger partial charge in [0.25, 0.3) is 0 Å². The molecular formula is C9H14O. The molecule has 0 bridgehead atoms. The van der Waals surface area contributed by atoms with Gasteiger partial charge in [-0.25, -0.2) is 0 Å². The quantitative estimate of drug-likeness (QED) is 0.529. The SMILES string of the molecule is C#CCCC1CCOC1C. The molecule has 1 rings (SSSR count). The van der Waals surface area contributed by atoms with Crippen molar-refractivity contribution in [1.29, 1.82) is 0 Å². The van der Waals surface area contributed by atoms with Crippen molar-refractivity contribution in [3.8, 4) is 12.3 Å². The molecule has 1 aliphatic heterocycles. The Morgan fingerprint density at radius 1 is 1.70 bits per heavy atom. The van der Waals surface area contributed by atoms with E-state index < -0.39 is 0 Å². The van der Waals surface area contributed by atoms with Crippen LogP contribution in [0.4, 0.5) is 0 Å². The lowest BCUT2D eigenvalue weighted by molar-refractivity contribution is 0.104. The van der Waals surface area contributed by atoms with Gasteiger partial charge in [0, 0.05) is 13.0 Å². The van der Waals surface area contributed by atoms with E-state index in [0.717, 1.165) is 25.4 Å². The molecule has 2 unspecified atom stereocenters. The van der Waals surface area contributed by atoms with Gasteiger partial charge in [-0.05, 0) is 25.7 Å². The zero-order valence-corrected chi connectivity index (χ0v) is 6.47. The summed E-state index contributed by atoms with van der Waals surface area (Å²) >= 11 is 0. The summed E-state index contributed by atoms with van der Waals surface area (Å²) in [5, 5.41) is 0. The summed E-state index contributed by atoms with van der Waals surface area (Å²) in [6.45, 7) is 3.06. The highest BCUT2D eigenvalue weighted by molar-refractivity contribution is 4.86. The molecule has 0 N–H and O–H groups in total. The van der Waals surface area contributed by atoms with E-state index >= 15 is 0 Å². The summed E-state index contributed by atoms with van der Waals surface area (Å²) in [7, 11) is 0. The van der Waals surface area contributed by atoms with Crippen LogP contribution in [-0.2, 0) is 4.74 Å². The van der Waals surface area contributed by atoms with E-state index in [2.05, 4.69) is 12.8 Å². The van der Waals surface area contributed by atoms with Gasteiger partial charge in [0.15, 0.2) is 0 Å². The summed E-state index contributed by atoms with van der Waals surface area (Å²) in [6.07, 6.45) is 8.83. The molecular weight excluding hydrogens is 124 g/mol. The van der Waals surface area contributed by atoms with Crippen LogP contribution in [0.15, 0.2) is 0 Å². The molecule has 1 heteroatoms. The van der Waals surface area contributed by atoms with Gasteiger partial charge >= 0.3 is 0 Å². The third-order valence-corrected chi connectivity index (χ3v) is 2.19. The van der Waals surface area contributed by atoms with Crippen LogP contribution >= 0.6 is 0 Å². The van der Waals surface area contributed by atoms with Crippen molar-refractivity contribution in [3.63, 3.8) is 0 Å². The Kier molecular flexibility index (Phi) is 2.77. The maximum Gasteiger partial charge on any atom is 0.0576 e. The molecule has 1 heterocycles. The first-order chi connectivity index (χ1) is 4.84. The number of terminal acetylenes is 1. The van der Waals surface area contributed by atoms with E-state index in [0.29, 0.717) is 6.10 Å². The topological polar surface area (TPSA) is 9.23 Å². The molecule has 0 aromatic carbocycles. The average molecular weight is 138 g/mol. The monoisotopic (exact) mass is 138 g/mol. The van der Waals surface area contributed by atoms with Gasteiger partial charge in [-0.1, -0.05) is 0 Å². The first-order valence-electron chi connectivity index (χ1n) is 3.89. The summed E-state index contributed by atoms with van der Waals surface area (Å²) in [5.41, 5.74) is 0. The van der Waals surface area contributed by atoms with E-state index in [9.17, 15) is 0 Å². The molecule has 0 spiro atoms. The van der Waals surface area contributed by atoms with Crippen LogP contribution in [0, 0.1) is 18.3 Å². The predicted molar refractivity (Wildman–Crippen MR) is 41.6 cm³/mol. The predicted octanol–water partition coefficient (Wildman–Crippen LogP) is 1.82. The van der Waals surface area contributed by atoms with Crippen LogP contribution < -0.4 is 0 Å². The second-order valence-electron chi connectivity index (χ2n) is 2.87. The lowest BCUT2D eigenvalue weighted by Gasteiger charge is -2.10. The lowest BCUT2D eigenvalue weighted by Crippen LogP contribution is -2.10. The summed E-state index contributed by atoms with van der Waals surface area (Å²) < 4.78 is 5.39. The zero-order chi connectivity index (χ0) is 7.40. The normalized spacial score (nSPS) is 32.0. The maximum absolute atomic E-state index is 5.39. The maximum atomic E-state index is 5.39. The average Bonchev–Trinajstić information content (AvgIpc) is 2.31. The molecule has 0 aliphatic carbocycles. The molecule has 10 heavy (non-hydrogen) atoms. The molecule has 2 atom stereocenters. The van der Waals surface area contributed by atoms with Crippen LogP contribution in [0.3, 0.4) is 0 Å². The zero-order valence-electron chi connectivity index (χ0n) is 6.47. The molecule has 1 fully saturated rings. The number of hydrogen-bond acceptors (Lipinski definition) is 1. The van der Waals surface area contributed by atoms with Crippen LogP contribution in [0.5, 0.6) is 0 Å². The van der Waals surface area contributed by atoms with Crippen molar-refractivity contribution in [2.24, 2.45) is 5.92 Å².